The van der Waals surface area contributed by atoms with Gasteiger partial charge < -0.3 is 9.64 Å². The average molecular weight is 279 g/mol. The zero-order valence-corrected chi connectivity index (χ0v) is 11.8. The Bertz CT molecular complexity index is 655. The Balaban J connectivity index is 1.75. The van der Waals surface area contributed by atoms with Crippen LogP contribution in [-0.4, -0.2) is 30.0 Å². The summed E-state index contributed by atoms with van der Waals surface area (Å²) in [5.74, 6) is 0.218. The molecule has 0 unspecified atom stereocenters. The van der Waals surface area contributed by atoms with E-state index >= 15 is 0 Å². The van der Waals surface area contributed by atoms with E-state index in [1.165, 1.54) is 5.56 Å². The van der Waals surface area contributed by atoms with Crippen molar-refractivity contribution in [2.45, 2.75) is 24.2 Å². The molecule has 0 N–H and O–H groups in total. The van der Waals surface area contributed by atoms with Crippen molar-refractivity contribution in [2.24, 2.45) is 0 Å². The smallest absolute Gasteiger partial charge is 0.252 e. The van der Waals surface area contributed by atoms with Crippen molar-refractivity contribution in [3.63, 3.8) is 0 Å². The number of carbonyl (C=O) groups is 1. The molecule has 21 heavy (non-hydrogen) atoms. The molecule has 1 amide bonds. The predicted octanol–water partition coefficient (Wildman–Crippen LogP) is 2.75. The molecular weight excluding hydrogens is 262 g/mol. The maximum absolute atomic E-state index is 12.3. The monoisotopic (exact) mass is 279 g/mol. The topological polar surface area (TPSA) is 29.5 Å². The van der Waals surface area contributed by atoms with E-state index in [2.05, 4.69) is 24.3 Å². The van der Waals surface area contributed by atoms with Gasteiger partial charge in [0.2, 0.25) is 0 Å². The van der Waals surface area contributed by atoms with Crippen LogP contribution in [0.15, 0.2) is 60.7 Å². The van der Waals surface area contributed by atoms with E-state index < -0.39 is 0 Å². The Hall–Kier alpha value is -2.13. The molecule has 2 aliphatic heterocycles. The van der Waals surface area contributed by atoms with Gasteiger partial charge in [0.1, 0.15) is 12.2 Å². The fraction of sp³-hybridized carbons (Fsp3) is 0.278. The number of carbonyl (C=O) groups excluding carboxylic acids is 1. The number of amides is 1. The summed E-state index contributed by atoms with van der Waals surface area (Å²) in [7, 11) is 1.89. The van der Waals surface area contributed by atoms with Crippen molar-refractivity contribution in [2.75, 3.05) is 7.05 Å². The summed E-state index contributed by atoms with van der Waals surface area (Å²) in [6, 6.07) is 20.5. The van der Waals surface area contributed by atoms with Crippen molar-refractivity contribution < 1.29 is 9.53 Å². The molecule has 2 aliphatic rings. The normalized spacial score (nSPS) is 30.9. The van der Waals surface area contributed by atoms with Crippen LogP contribution in [0.3, 0.4) is 0 Å². The third-order valence-electron chi connectivity index (χ3n) is 4.65. The SMILES string of the molecule is CN1C(=O)[C@H]2O[C@H](c3ccccc3)[C@H]1[C@H]2c1ccccc1. The minimum Gasteiger partial charge on any atom is -0.358 e. The van der Waals surface area contributed by atoms with Gasteiger partial charge in [-0.1, -0.05) is 60.7 Å². The van der Waals surface area contributed by atoms with Crippen LogP contribution in [0.5, 0.6) is 0 Å². The Kier molecular flexibility index (Phi) is 2.82. The summed E-state index contributed by atoms with van der Waals surface area (Å²) in [6.45, 7) is 0. The highest BCUT2D eigenvalue weighted by molar-refractivity contribution is 5.86. The first kappa shape index (κ1) is 12.6. The van der Waals surface area contributed by atoms with Crippen molar-refractivity contribution in [1.82, 2.24) is 4.90 Å². The van der Waals surface area contributed by atoms with Crippen LogP contribution < -0.4 is 0 Å². The third kappa shape index (κ3) is 1.81. The first-order valence-electron chi connectivity index (χ1n) is 7.29. The van der Waals surface area contributed by atoms with E-state index in [0.29, 0.717) is 0 Å². The van der Waals surface area contributed by atoms with Crippen LogP contribution in [0.4, 0.5) is 0 Å². The lowest BCUT2D eigenvalue weighted by Crippen LogP contribution is -2.40. The van der Waals surface area contributed by atoms with Crippen molar-refractivity contribution in [3.8, 4) is 0 Å². The average Bonchev–Trinajstić information content (AvgIpc) is 3.04. The fourth-order valence-corrected chi connectivity index (χ4v) is 3.66. The van der Waals surface area contributed by atoms with Crippen LogP contribution in [0.2, 0.25) is 0 Å². The Morgan fingerprint density at radius 3 is 2.05 bits per heavy atom. The van der Waals surface area contributed by atoms with Crippen molar-refractivity contribution in [1.29, 1.82) is 0 Å². The number of nitrogens with zero attached hydrogens (tertiary/aromatic N) is 1. The molecule has 0 aromatic heterocycles. The molecule has 106 valence electrons. The molecule has 0 radical (unpaired) electrons. The zero-order valence-electron chi connectivity index (χ0n) is 11.8. The van der Waals surface area contributed by atoms with Crippen molar-refractivity contribution >= 4 is 5.91 Å². The van der Waals surface area contributed by atoms with Gasteiger partial charge in [0.25, 0.3) is 5.91 Å². The lowest BCUT2D eigenvalue weighted by molar-refractivity contribution is -0.148. The minimum absolute atomic E-state index is 0.0379. The number of ether oxygens (including phenoxy) is 1. The number of hydrogen-bond acceptors (Lipinski definition) is 2. The maximum Gasteiger partial charge on any atom is 0.252 e. The molecule has 3 nitrogen and oxygen atoms in total. The number of morpholine rings is 1. The number of fused-ring (bicyclic) bond motifs is 2. The van der Waals surface area contributed by atoms with Crippen LogP contribution in [0, 0.1) is 0 Å². The molecule has 3 heteroatoms. The summed E-state index contributed by atoms with van der Waals surface area (Å²) >= 11 is 0. The first-order chi connectivity index (χ1) is 10.3. The van der Waals surface area contributed by atoms with Gasteiger partial charge in [-0.2, -0.15) is 0 Å². The number of rotatable bonds is 2. The Morgan fingerprint density at radius 2 is 1.43 bits per heavy atom. The Morgan fingerprint density at radius 1 is 0.857 bits per heavy atom. The fourth-order valence-electron chi connectivity index (χ4n) is 3.66. The van der Waals surface area contributed by atoms with E-state index in [-0.39, 0.29) is 30.1 Å². The van der Waals surface area contributed by atoms with Crippen LogP contribution in [0.25, 0.3) is 0 Å². The quantitative estimate of drug-likeness (QED) is 0.846. The van der Waals surface area contributed by atoms with E-state index in [9.17, 15) is 4.79 Å². The van der Waals surface area contributed by atoms with Gasteiger partial charge in [0.15, 0.2) is 0 Å². The molecule has 2 heterocycles. The number of likely N-dealkylation sites (tertiary alicyclic amines) is 1. The number of likely N-dealkylation sites (N-methyl/N-ethyl adjacent to an activating group) is 1. The van der Waals surface area contributed by atoms with E-state index in [0.717, 1.165) is 5.56 Å². The second-order valence-corrected chi connectivity index (χ2v) is 5.76. The standard InChI is InChI=1S/C18H17NO2/c1-19-15-14(12-8-4-2-5-9-12)17(18(19)20)21-16(15)13-10-6-3-7-11-13/h2-11,14-17H,1H3/t14-,15-,16-,17+/m1/s1. The predicted molar refractivity (Wildman–Crippen MR) is 79.8 cm³/mol. The highest BCUT2D eigenvalue weighted by Gasteiger charge is 2.58. The molecule has 4 rings (SSSR count). The number of hydrogen-bond donors (Lipinski definition) is 0. The van der Waals surface area contributed by atoms with Gasteiger partial charge in [-0.25, -0.2) is 0 Å². The molecule has 0 aliphatic carbocycles. The zero-order chi connectivity index (χ0) is 14.4. The minimum atomic E-state index is -0.354. The summed E-state index contributed by atoms with van der Waals surface area (Å²) in [4.78, 5) is 14.2. The number of benzene rings is 2. The lowest BCUT2D eigenvalue weighted by atomic mass is 9.88. The van der Waals surface area contributed by atoms with E-state index in [1.54, 1.807) is 0 Å². The van der Waals surface area contributed by atoms with Gasteiger partial charge in [-0.05, 0) is 11.1 Å². The summed E-state index contributed by atoms with van der Waals surface area (Å²) in [5.41, 5.74) is 2.33. The second-order valence-electron chi connectivity index (χ2n) is 5.76. The lowest BCUT2D eigenvalue weighted by Gasteiger charge is -2.30. The third-order valence-corrected chi connectivity index (χ3v) is 4.65. The molecule has 2 aromatic carbocycles. The summed E-state index contributed by atoms with van der Waals surface area (Å²) < 4.78 is 6.10. The maximum atomic E-state index is 12.3. The molecule has 2 bridgehead atoms. The molecular formula is C18H17NO2. The first-order valence-corrected chi connectivity index (χ1v) is 7.29. The second kappa shape index (κ2) is 4.71. The van der Waals surface area contributed by atoms with Gasteiger partial charge in [0, 0.05) is 13.0 Å². The summed E-state index contributed by atoms with van der Waals surface area (Å²) in [5, 5.41) is 0. The largest absolute Gasteiger partial charge is 0.358 e. The van der Waals surface area contributed by atoms with Gasteiger partial charge in [-0.3, -0.25) is 4.79 Å². The molecule has 0 spiro atoms. The molecule has 0 saturated carbocycles. The van der Waals surface area contributed by atoms with Crippen LogP contribution >= 0.6 is 0 Å². The van der Waals surface area contributed by atoms with Gasteiger partial charge in [0.05, 0.1) is 6.04 Å². The molecule has 2 saturated heterocycles. The molecule has 4 atom stereocenters. The van der Waals surface area contributed by atoms with E-state index in [1.807, 2.05) is 48.3 Å². The summed E-state index contributed by atoms with van der Waals surface area (Å²) in [6.07, 6.45) is -0.392. The van der Waals surface area contributed by atoms with Gasteiger partial charge >= 0.3 is 0 Å². The highest BCUT2D eigenvalue weighted by Crippen LogP contribution is 2.50. The molecule has 2 fully saturated rings. The van der Waals surface area contributed by atoms with Crippen LogP contribution in [-0.2, 0) is 9.53 Å². The van der Waals surface area contributed by atoms with Gasteiger partial charge in [-0.15, -0.1) is 0 Å². The molecule has 2 aromatic rings. The Labute approximate surface area is 124 Å². The van der Waals surface area contributed by atoms with Crippen LogP contribution in [0.1, 0.15) is 23.1 Å². The highest BCUT2D eigenvalue weighted by atomic mass is 16.5. The van der Waals surface area contributed by atoms with Crippen molar-refractivity contribution in [3.05, 3.63) is 71.8 Å². The van der Waals surface area contributed by atoms with E-state index in [4.69, 9.17) is 4.74 Å².